The third-order valence-electron chi connectivity index (χ3n) is 13.0. The minimum atomic E-state index is -1.63. The number of aliphatic hydroxyl groups is 5. The van der Waals surface area contributed by atoms with Crippen LogP contribution in [0.25, 0.3) is 0 Å². The number of esters is 1. The quantitative estimate of drug-likeness (QED) is 0.0196. The predicted molar refractivity (Wildman–Crippen MR) is 278 cm³/mol. The minimum absolute atomic E-state index is 0.0809. The van der Waals surface area contributed by atoms with Crippen LogP contribution in [0.4, 0.5) is 0 Å². The lowest BCUT2D eigenvalue weighted by Gasteiger charge is -2.41. The molecular formula is C57H103NO10. The van der Waals surface area contributed by atoms with E-state index in [0.717, 1.165) is 51.4 Å². The van der Waals surface area contributed by atoms with Gasteiger partial charge >= 0.3 is 5.97 Å². The number of aliphatic hydroxyl groups excluding tert-OH is 5. The van der Waals surface area contributed by atoms with E-state index in [1.54, 1.807) is 12.2 Å². The third kappa shape index (κ3) is 34.0. The lowest BCUT2D eigenvalue weighted by atomic mass is 9.99. The smallest absolute Gasteiger partial charge is 0.306 e. The molecule has 1 amide bonds. The van der Waals surface area contributed by atoms with Crippen molar-refractivity contribution in [3.63, 3.8) is 0 Å². The first-order valence-electron chi connectivity index (χ1n) is 27.9. The number of amides is 1. The average molecular weight is 962 g/mol. The minimum Gasteiger partial charge on any atom is -0.454 e. The highest BCUT2D eigenvalue weighted by Crippen LogP contribution is 2.26. The third-order valence-corrected chi connectivity index (χ3v) is 13.0. The van der Waals surface area contributed by atoms with Gasteiger partial charge in [-0.25, -0.2) is 0 Å². The molecule has 0 aliphatic carbocycles. The molecule has 1 saturated heterocycles. The Labute approximate surface area is 415 Å². The Morgan fingerprint density at radius 3 is 1.51 bits per heavy atom. The highest BCUT2D eigenvalue weighted by molar-refractivity contribution is 5.81. The first kappa shape index (κ1) is 63.6. The van der Waals surface area contributed by atoms with Crippen molar-refractivity contribution in [3.05, 3.63) is 48.6 Å². The van der Waals surface area contributed by atoms with E-state index in [1.807, 2.05) is 12.2 Å². The molecule has 11 nitrogen and oxygen atoms in total. The summed E-state index contributed by atoms with van der Waals surface area (Å²) in [6, 6.07) is -1.05. The normalized spacial score (nSPS) is 20.3. The van der Waals surface area contributed by atoms with Crippen LogP contribution in [-0.2, 0) is 23.8 Å². The highest BCUT2D eigenvalue weighted by atomic mass is 16.7. The second-order valence-corrected chi connectivity index (χ2v) is 19.3. The number of hydrogen-bond acceptors (Lipinski definition) is 10. The highest BCUT2D eigenvalue weighted by Gasteiger charge is 2.47. The van der Waals surface area contributed by atoms with Gasteiger partial charge in [0, 0.05) is 12.8 Å². The molecule has 1 heterocycles. The second-order valence-electron chi connectivity index (χ2n) is 19.3. The van der Waals surface area contributed by atoms with Gasteiger partial charge in [-0.2, -0.15) is 0 Å². The van der Waals surface area contributed by atoms with E-state index < -0.39 is 67.4 Å². The lowest BCUT2D eigenvalue weighted by Crippen LogP contribution is -2.61. The van der Waals surface area contributed by atoms with Crippen molar-refractivity contribution < 1.29 is 49.3 Å². The van der Waals surface area contributed by atoms with Crippen molar-refractivity contribution in [2.45, 2.75) is 288 Å². The van der Waals surface area contributed by atoms with Crippen molar-refractivity contribution >= 4 is 11.9 Å². The Bertz CT molecular complexity index is 1290. The molecule has 68 heavy (non-hydrogen) atoms. The lowest BCUT2D eigenvalue weighted by molar-refractivity contribution is -0.305. The largest absolute Gasteiger partial charge is 0.454 e. The van der Waals surface area contributed by atoms with Crippen LogP contribution < -0.4 is 5.32 Å². The van der Waals surface area contributed by atoms with Crippen LogP contribution >= 0.6 is 0 Å². The van der Waals surface area contributed by atoms with Crippen LogP contribution in [0.1, 0.15) is 239 Å². The Hall–Kier alpha value is -2.38. The van der Waals surface area contributed by atoms with Crippen molar-refractivity contribution in [2.24, 2.45) is 0 Å². The van der Waals surface area contributed by atoms with Gasteiger partial charge in [-0.05, 0) is 64.2 Å². The first-order chi connectivity index (χ1) is 33.2. The molecule has 8 unspecified atom stereocenters. The van der Waals surface area contributed by atoms with Gasteiger partial charge in [-0.3, -0.25) is 9.59 Å². The summed E-state index contributed by atoms with van der Waals surface area (Å²) in [7, 11) is 0. The van der Waals surface area contributed by atoms with E-state index >= 15 is 0 Å². The molecule has 8 atom stereocenters. The molecule has 0 aromatic heterocycles. The maximum absolute atomic E-state index is 13.3. The molecule has 1 fully saturated rings. The summed E-state index contributed by atoms with van der Waals surface area (Å²) in [5.74, 6) is -1.28. The van der Waals surface area contributed by atoms with Crippen LogP contribution in [-0.4, -0.2) is 99.6 Å². The number of hydrogen-bond donors (Lipinski definition) is 6. The fourth-order valence-corrected chi connectivity index (χ4v) is 8.45. The van der Waals surface area contributed by atoms with Gasteiger partial charge in [0.15, 0.2) is 12.4 Å². The molecule has 11 heteroatoms. The molecule has 0 radical (unpaired) electrons. The SMILES string of the molecule is CCCCCCCC/C=C\C/C=C/CC(O)C(=O)NC(COC1OC(CO)C(O)C(O)C1OC(=O)CCCCC/C=C\CCCCCCCCC)C(O)/C=C/CCCCCCCCCCCCC. The summed E-state index contributed by atoms with van der Waals surface area (Å²) in [6.07, 6.45) is 43.2. The molecule has 396 valence electrons. The fourth-order valence-electron chi connectivity index (χ4n) is 8.45. The molecule has 1 rings (SSSR count). The van der Waals surface area contributed by atoms with Crippen molar-refractivity contribution in [1.82, 2.24) is 5.32 Å². The summed E-state index contributed by atoms with van der Waals surface area (Å²) >= 11 is 0. The topological polar surface area (TPSA) is 175 Å². The standard InChI is InChI=1S/C57H103NO10/c1-4-7-10-13-16-19-22-25-27-30-33-36-39-42-45-52(62)68-55-54(64)53(63)51(46-59)67-57(55)66-47-48(49(60)43-40-37-34-31-29-26-23-20-17-14-11-8-5-2)58-56(65)50(61)44-41-38-35-32-28-24-21-18-15-12-9-6-3/h27-28,30,32,38,40-41,43,48-51,53-55,57,59-61,63-64H,4-26,29,31,33-37,39,42,44-47H2,1-3H3,(H,58,65)/b30-27-,32-28-,41-38+,43-40+. The van der Waals surface area contributed by atoms with Gasteiger partial charge in [0.25, 0.3) is 0 Å². The zero-order valence-electron chi connectivity index (χ0n) is 43.5. The summed E-state index contributed by atoms with van der Waals surface area (Å²) in [5, 5.41) is 56.6. The second kappa shape index (κ2) is 45.7. The number of carbonyl (C=O) groups excluding carboxylic acids is 2. The predicted octanol–water partition coefficient (Wildman–Crippen LogP) is 12.1. The number of rotatable bonds is 46. The van der Waals surface area contributed by atoms with Crippen molar-refractivity contribution in [2.75, 3.05) is 13.2 Å². The Kier molecular flexibility index (Phi) is 42.8. The number of unbranched alkanes of at least 4 members (excludes halogenated alkanes) is 27. The molecule has 6 N–H and O–H groups in total. The number of allylic oxidation sites excluding steroid dienone is 6. The van der Waals surface area contributed by atoms with E-state index in [0.29, 0.717) is 12.8 Å². The summed E-state index contributed by atoms with van der Waals surface area (Å²) in [4.78, 5) is 26.3. The van der Waals surface area contributed by atoms with Gasteiger partial charge < -0.3 is 45.1 Å². The van der Waals surface area contributed by atoms with Crippen molar-refractivity contribution in [3.8, 4) is 0 Å². The fraction of sp³-hybridized carbons (Fsp3) is 0.825. The van der Waals surface area contributed by atoms with E-state index in [1.165, 1.54) is 141 Å². The van der Waals surface area contributed by atoms with E-state index in [-0.39, 0.29) is 19.4 Å². The molecule has 0 spiro atoms. The first-order valence-corrected chi connectivity index (χ1v) is 27.9. The van der Waals surface area contributed by atoms with E-state index in [9.17, 15) is 35.1 Å². The average Bonchev–Trinajstić information content (AvgIpc) is 3.33. The van der Waals surface area contributed by atoms with Crippen LogP contribution in [0.2, 0.25) is 0 Å². The van der Waals surface area contributed by atoms with E-state index in [4.69, 9.17) is 14.2 Å². The number of nitrogens with one attached hydrogen (secondary N) is 1. The van der Waals surface area contributed by atoms with Gasteiger partial charge in [0.1, 0.15) is 24.4 Å². The zero-order valence-corrected chi connectivity index (χ0v) is 43.5. The van der Waals surface area contributed by atoms with Gasteiger partial charge in [0.2, 0.25) is 5.91 Å². The van der Waals surface area contributed by atoms with Crippen molar-refractivity contribution in [1.29, 1.82) is 0 Å². The zero-order chi connectivity index (χ0) is 49.7. The Morgan fingerprint density at radius 2 is 1.01 bits per heavy atom. The summed E-state index contributed by atoms with van der Waals surface area (Å²) in [6.45, 7) is 5.71. The molecule has 0 saturated carbocycles. The maximum atomic E-state index is 13.3. The maximum Gasteiger partial charge on any atom is 0.306 e. The summed E-state index contributed by atoms with van der Waals surface area (Å²) in [5.41, 5.74) is 0. The van der Waals surface area contributed by atoms with Gasteiger partial charge in [0.05, 0.1) is 25.4 Å². The molecule has 1 aliphatic heterocycles. The van der Waals surface area contributed by atoms with Crippen LogP contribution in [0.15, 0.2) is 48.6 Å². The molecule has 0 aromatic carbocycles. The van der Waals surface area contributed by atoms with Crippen LogP contribution in [0.3, 0.4) is 0 Å². The van der Waals surface area contributed by atoms with E-state index in [2.05, 4.69) is 50.4 Å². The van der Waals surface area contributed by atoms with Gasteiger partial charge in [-0.15, -0.1) is 0 Å². The van der Waals surface area contributed by atoms with Crippen LogP contribution in [0.5, 0.6) is 0 Å². The monoisotopic (exact) mass is 962 g/mol. The van der Waals surface area contributed by atoms with Crippen LogP contribution in [0, 0.1) is 0 Å². The molecule has 0 aromatic rings. The molecule has 1 aliphatic rings. The molecular weight excluding hydrogens is 859 g/mol. The molecule has 0 bridgehead atoms. The number of ether oxygens (including phenoxy) is 3. The number of carbonyl (C=O) groups is 2. The summed E-state index contributed by atoms with van der Waals surface area (Å²) < 4.78 is 17.5. The Morgan fingerprint density at radius 1 is 0.574 bits per heavy atom. The Balaban J connectivity index is 2.80. The van der Waals surface area contributed by atoms with Gasteiger partial charge in [-0.1, -0.05) is 211 Å².